The predicted molar refractivity (Wildman–Crippen MR) is 95.0 cm³/mol. The van der Waals surface area contributed by atoms with Gasteiger partial charge in [0.1, 0.15) is 6.54 Å². The number of benzene rings is 1. The Labute approximate surface area is 160 Å². The number of carbonyl (C=O) groups is 3. The fraction of sp³-hybridized carbons (Fsp3) is 0.500. The van der Waals surface area contributed by atoms with Gasteiger partial charge in [0.15, 0.2) is 0 Å². The number of halogens is 3. The van der Waals surface area contributed by atoms with Crippen molar-refractivity contribution in [2.24, 2.45) is 5.92 Å². The molecule has 1 heterocycles. The Morgan fingerprint density at radius 3 is 2.29 bits per heavy atom. The quantitative estimate of drug-likeness (QED) is 0.673. The van der Waals surface area contributed by atoms with Crippen molar-refractivity contribution in [1.29, 1.82) is 0 Å². The van der Waals surface area contributed by atoms with Crippen molar-refractivity contribution in [2.45, 2.75) is 25.6 Å². The van der Waals surface area contributed by atoms with Crippen molar-refractivity contribution in [1.82, 2.24) is 20.9 Å². The first-order valence-corrected chi connectivity index (χ1v) is 8.91. The molecule has 0 aromatic heterocycles. The number of alkyl halides is 3. The predicted octanol–water partition coefficient (Wildman–Crippen LogP) is 1.40. The zero-order valence-corrected chi connectivity index (χ0v) is 15.2. The molecule has 10 heteroatoms. The number of piperidine rings is 1. The van der Waals surface area contributed by atoms with Crippen molar-refractivity contribution >= 4 is 17.8 Å². The first-order chi connectivity index (χ1) is 13.2. The van der Waals surface area contributed by atoms with Crippen LogP contribution in [0.2, 0.25) is 0 Å². The van der Waals surface area contributed by atoms with Crippen LogP contribution < -0.4 is 16.0 Å². The van der Waals surface area contributed by atoms with Gasteiger partial charge in [-0.1, -0.05) is 30.3 Å². The molecule has 7 nitrogen and oxygen atoms in total. The van der Waals surface area contributed by atoms with Gasteiger partial charge in [-0.15, -0.1) is 0 Å². The molecule has 1 aliphatic rings. The summed E-state index contributed by atoms with van der Waals surface area (Å²) in [6.07, 6.45) is -3.41. The third kappa shape index (κ3) is 7.95. The van der Waals surface area contributed by atoms with Crippen LogP contribution in [0.25, 0.3) is 0 Å². The smallest absolute Gasteiger partial charge is 0.352 e. The summed E-state index contributed by atoms with van der Waals surface area (Å²) >= 11 is 0. The summed E-state index contributed by atoms with van der Waals surface area (Å²) in [5.41, 5.74) is 1.01. The van der Waals surface area contributed by atoms with Crippen LogP contribution in [-0.4, -0.2) is 55.1 Å². The molecule has 1 saturated heterocycles. The first-order valence-electron chi connectivity index (χ1n) is 8.91. The zero-order valence-electron chi connectivity index (χ0n) is 15.2. The van der Waals surface area contributed by atoms with E-state index in [0.29, 0.717) is 32.5 Å². The lowest BCUT2D eigenvalue weighted by Gasteiger charge is -2.30. The topological polar surface area (TPSA) is 90.5 Å². The SMILES string of the molecule is O=C(CN1CCC(C(=O)NCc2ccccc2)CC1)NC(=O)NCC(F)(F)F. The van der Waals surface area contributed by atoms with Gasteiger partial charge in [0.25, 0.3) is 0 Å². The van der Waals surface area contributed by atoms with Crippen LogP contribution >= 0.6 is 0 Å². The molecule has 1 aromatic carbocycles. The molecule has 0 aliphatic carbocycles. The highest BCUT2D eigenvalue weighted by atomic mass is 19.4. The van der Waals surface area contributed by atoms with Crippen LogP contribution in [0.3, 0.4) is 0 Å². The Hall–Kier alpha value is -2.62. The van der Waals surface area contributed by atoms with Gasteiger partial charge in [0, 0.05) is 12.5 Å². The molecule has 1 fully saturated rings. The number of nitrogens with zero attached hydrogens (tertiary/aromatic N) is 1. The second-order valence-corrected chi connectivity index (χ2v) is 6.60. The largest absolute Gasteiger partial charge is 0.405 e. The number of hydrogen-bond donors (Lipinski definition) is 3. The molecule has 0 spiro atoms. The molecule has 0 saturated carbocycles. The van der Waals surface area contributed by atoms with Crippen molar-refractivity contribution in [3.63, 3.8) is 0 Å². The molecule has 0 atom stereocenters. The number of imide groups is 1. The highest BCUT2D eigenvalue weighted by molar-refractivity contribution is 5.95. The Morgan fingerprint density at radius 1 is 1.04 bits per heavy atom. The molecule has 154 valence electrons. The summed E-state index contributed by atoms with van der Waals surface area (Å²) in [4.78, 5) is 37.0. The van der Waals surface area contributed by atoms with E-state index in [-0.39, 0.29) is 18.4 Å². The summed E-state index contributed by atoms with van der Waals surface area (Å²) in [5, 5.41) is 6.33. The molecule has 2 rings (SSSR count). The molecular formula is C18H23F3N4O3. The molecule has 3 N–H and O–H groups in total. The number of urea groups is 1. The van der Waals surface area contributed by atoms with E-state index in [9.17, 15) is 27.6 Å². The summed E-state index contributed by atoms with van der Waals surface area (Å²) in [5.74, 6) is -0.885. The van der Waals surface area contributed by atoms with Gasteiger partial charge in [-0.05, 0) is 31.5 Å². The van der Waals surface area contributed by atoms with E-state index >= 15 is 0 Å². The van der Waals surface area contributed by atoms with Crippen LogP contribution in [-0.2, 0) is 16.1 Å². The normalized spacial score (nSPS) is 15.7. The lowest BCUT2D eigenvalue weighted by Crippen LogP contribution is -2.48. The number of carbonyl (C=O) groups excluding carboxylic acids is 3. The lowest BCUT2D eigenvalue weighted by molar-refractivity contribution is -0.127. The maximum Gasteiger partial charge on any atom is 0.405 e. The minimum absolute atomic E-state index is 0.0421. The number of rotatable bonds is 6. The van der Waals surface area contributed by atoms with Crippen molar-refractivity contribution in [2.75, 3.05) is 26.2 Å². The van der Waals surface area contributed by atoms with Gasteiger partial charge in [0.05, 0.1) is 6.54 Å². The van der Waals surface area contributed by atoms with Gasteiger partial charge in [-0.25, -0.2) is 4.79 Å². The van der Waals surface area contributed by atoms with Crippen molar-refractivity contribution in [3.05, 3.63) is 35.9 Å². The number of likely N-dealkylation sites (tertiary alicyclic amines) is 1. The second-order valence-electron chi connectivity index (χ2n) is 6.60. The van der Waals surface area contributed by atoms with Gasteiger partial charge in [-0.3, -0.25) is 19.8 Å². The van der Waals surface area contributed by atoms with E-state index in [1.807, 2.05) is 35.6 Å². The summed E-state index contributed by atoms with van der Waals surface area (Å²) in [6, 6.07) is 8.36. The third-order valence-electron chi connectivity index (χ3n) is 4.34. The standard InChI is InChI=1S/C18H23F3N4O3/c19-18(20,21)12-23-17(28)24-15(26)11-25-8-6-14(7-9-25)16(27)22-10-13-4-2-1-3-5-13/h1-5,14H,6-12H2,(H,22,27)(H2,23,24,26,28). The molecule has 1 aromatic rings. The van der Waals surface area contributed by atoms with Gasteiger partial charge < -0.3 is 10.6 Å². The first kappa shape index (κ1) is 21.7. The summed E-state index contributed by atoms with van der Waals surface area (Å²) in [7, 11) is 0. The van der Waals surface area contributed by atoms with E-state index in [1.54, 1.807) is 10.2 Å². The van der Waals surface area contributed by atoms with Crippen LogP contribution in [0.5, 0.6) is 0 Å². The van der Waals surface area contributed by atoms with Crippen LogP contribution in [0, 0.1) is 5.92 Å². The van der Waals surface area contributed by atoms with E-state index in [4.69, 9.17) is 0 Å². The molecule has 4 amide bonds. The van der Waals surface area contributed by atoms with Crippen LogP contribution in [0.4, 0.5) is 18.0 Å². The average Bonchev–Trinajstić information content (AvgIpc) is 2.65. The van der Waals surface area contributed by atoms with E-state index in [2.05, 4.69) is 5.32 Å². The van der Waals surface area contributed by atoms with E-state index < -0.39 is 24.7 Å². The number of nitrogens with one attached hydrogen (secondary N) is 3. The molecule has 0 unspecified atom stereocenters. The Balaban J connectivity index is 1.65. The van der Waals surface area contributed by atoms with Crippen molar-refractivity contribution < 1.29 is 27.6 Å². The fourth-order valence-corrected chi connectivity index (χ4v) is 2.88. The van der Waals surface area contributed by atoms with Crippen molar-refractivity contribution in [3.8, 4) is 0 Å². The van der Waals surface area contributed by atoms with Crippen LogP contribution in [0.15, 0.2) is 30.3 Å². The maximum absolute atomic E-state index is 12.2. The lowest BCUT2D eigenvalue weighted by atomic mass is 9.96. The molecular weight excluding hydrogens is 377 g/mol. The molecule has 1 aliphatic heterocycles. The van der Waals surface area contributed by atoms with Gasteiger partial charge >= 0.3 is 12.2 Å². The molecule has 28 heavy (non-hydrogen) atoms. The fourth-order valence-electron chi connectivity index (χ4n) is 2.88. The Morgan fingerprint density at radius 2 is 1.68 bits per heavy atom. The van der Waals surface area contributed by atoms with Crippen LogP contribution in [0.1, 0.15) is 18.4 Å². The molecule has 0 radical (unpaired) electrons. The van der Waals surface area contributed by atoms with Gasteiger partial charge in [-0.2, -0.15) is 13.2 Å². The number of hydrogen-bond acceptors (Lipinski definition) is 4. The summed E-state index contributed by atoms with van der Waals surface area (Å²) in [6.45, 7) is -0.190. The summed E-state index contributed by atoms with van der Waals surface area (Å²) < 4.78 is 36.0. The van der Waals surface area contributed by atoms with E-state index in [1.165, 1.54) is 0 Å². The highest BCUT2D eigenvalue weighted by Gasteiger charge is 2.29. The monoisotopic (exact) mass is 400 g/mol. The highest BCUT2D eigenvalue weighted by Crippen LogP contribution is 2.17. The zero-order chi connectivity index (χ0) is 20.6. The second kappa shape index (κ2) is 10.1. The Kier molecular flexibility index (Phi) is 7.80. The minimum atomic E-state index is -4.54. The average molecular weight is 400 g/mol. The third-order valence-corrected chi connectivity index (χ3v) is 4.34. The number of amides is 4. The minimum Gasteiger partial charge on any atom is -0.352 e. The van der Waals surface area contributed by atoms with Gasteiger partial charge in [0.2, 0.25) is 11.8 Å². The maximum atomic E-state index is 12.2. The molecule has 0 bridgehead atoms. The van der Waals surface area contributed by atoms with E-state index in [0.717, 1.165) is 5.56 Å². The Bertz CT molecular complexity index is 674.